The van der Waals surface area contributed by atoms with Crippen LogP contribution < -0.4 is 10.7 Å². The second-order valence-electron chi connectivity index (χ2n) is 6.16. The predicted molar refractivity (Wildman–Crippen MR) is 99.7 cm³/mol. The van der Waals surface area contributed by atoms with E-state index in [-0.39, 0.29) is 36.7 Å². The lowest BCUT2D eigenvalue weighted by molar-refractivity contribution is -0.120. The number of halogens is 1. The summed E-state index contributed by atoms with van der Waals surface area (Å²) in [5.74, 6) is -0.605. The monoisotopic (exact) mass is 374 g/mol. The van der Waals surface area contributed by atoms with Crippen molar-refractivity contribution in [1.29, 1.82) is 0 Å². The molecule has 0 fully saturated rings. The van der Waals surface area contributed by atoms with Crippen LogP contribution in [0.25, 0.3) is 10.2 Å². The van der Waals surface area contributed by atoms with Crippen LogP contribution in [0.15, 0.2) is 35.3 Å². The van der Waals surface area contributed by atoms with E-state index >= 15 is 0 Å². The number of fused-ring (bicyclic) bond motifs is 1. The highest BCUT2D eigenvalue weighted by atomic mass is 32.1. The molecule has 3 rings (SSSR count). The smallest absolute Gasteiger partial charge is 0.224 e. The number of aromatic nitrogens is 1. The number of aliphatic hydroxyl groups excluding tert-OH is 1. The van der Waals surface area contributed by atoms with Crippen molar-refractivity contribution in [3.63, 3.8) is 0 Å². The number of nitrogens with zero attached hydrogens (tertiary/aromatic N) is 1. The van der Waals surface area contributed by atoms with Crippen LogP contribution in [-0.4, -0.2) is 15.6 Å². The lowest BCUT2D eigenvalue weighted by Crippen LogP contribution is -2.27. The largest absolute Gasteiger partial charge is 0.391 e. The molecule has 0 bridgehead atoms. The Morgan fingerprint density at radius 3 is 2.65 bits per heavy atom. The molecule has 0 unspecified atom stereocenters. The van der Waals surface area contributed by atoms with Gasteiger partial charge in [-0.2, -0.15) is 0 Å². The zero-order valence-electron chi connectivity index (χ0n) is 14.5. The summed E-state index contributed by atoms with van der Waals surface area (Å²) < 4.78 is 15.3. The minimum Gasteiger partial charge on any atom is -0.391 e. The molecule has 0 saturated carbocycles. The zero-order valence-corrected chi connectivity index (χ0v) is 15.3. The Bertz CT molecular complexity index is 1020. The molecule has 2 heterocycles. The van der Waals surface area contributed by atoms with Crippen molar-refractivity contribution in [2.45, 2.75) is 26.5 Å². The molecule has 0 spiro atoms. The van der Waals surface area contributed by atoms with E-state index in [0.717, 1.165) is 21.5 Å². The first-order valence-corrected chi connectivity index (χ1v) is 8.95. The van der Waals surface area contributed by atoms with Gasteiger partial charge in [0.25, 0.3) is 0 Å². The molecule has 2 aromatic heterocycles. The lowest BCUT2D eigenvalue weighted by Gasteiger charge is -2.08. The Balaban J connectivity index is 1.80. The molecule has 7 heteroatoms. The number of aliphatic hydroxyl groups is 1. The van der Waals surface area contributed by atoms with Crippen LogP contribution in [0.5, 0.6) is 0 Å². The molecule has 0 radical (unpaired) electrons. The summed E-state index contributed by atoms with van der Waals surface area (Å²) >= 11 is 1.27. The fourth-order valence-electron chi connectivity index (χ4n) is 2.95. The van der Waals surface area contributed by atoms with Crippen LogP contribution in [0.3, 0.4) is 0 Å². The van der Waals surface area contributed by atoms with Crippen molar-refractivity contribution in [2.75, 3.05) is 0 Å². The van der Waals surface area contributed by atoms with Gasteiger partial charge in [-0.3, -0.25) is 9.59 Å². The van der Waals surface area contributed by atoms with Crippen LogP contribution in [0.4, 0.5) is 4.39 Å². The molecule has 26 heavy (non-hydrogen) atoms. The predicted octanol–water partition coefficient (Wildman–Crippen LogP) is 2.40. The number of nitrogens with one attached hydrogen (secondary N) is 1. The van der Waals surface area contributed by atoms with Crippen molar-refractivity contribution >= 4 is 27.5 Å². The maximum atomic E-state index is 12.9. The summed E-state index contributed by atoms with van der Waals surface area (Å²) in [6, 6.07) is 5.88. The molecule has 0 aliphatic carbocycles. The highest BCUT2D eigenvalue weighted by molar-refractivity contribution is 7.19. The van der Waals surface area contributed by atoms with Gasteiger partial charge < -0.3 is 15.0 Å². The third kappa shape index (κ3) is 3.54. The summed E-state index contributed by atoms with van der Waals surface area (Å²) in [6.45, 7) is 2.03. The van der Waals surface area contributed by atoms with Gasteiger partial charge in [0.2, 0.25) is 11.3 Å². The van der Waals surface area contributed by atoms with E-state index in [1.807, 2.05) is 18.5 Å². The van der Waals surface area contributed by atoms with Crippen molar-refractivity contribution in [1.82, 2.24) is 9.88 Å². The average Bonchev–Trinajstić information content (AvgIpc) is 2.96. The minimum absolute atomic E-state index is 0.0325. The third-order valence-electron chi connectivity index (χ3n) is 4.31. The SMILES string of the molecule is Cc1c(CO)sc2c(=O)c(CC(=O)NCc3ccc(F)cc3)cn(C)c12. The Labute approximate surface area is 153 Å². The van der Waals surface area contributed by atoms with E-state index in [2.05, 4.69) is 5.32 Å². The molecule has 3 aromatic rings. The second kappa shape index (κ2) is 7.39. The van der Waals surface area contributed by atoms with Crippen molar-refractivity contribution in [3.8, 4) is 0 Å². The number of hydrogen-bond acceptors (Lipinski definition) is 4. The summed E-state index contributed by atoms with van der Waals surface area (Å²) in [7, 11) is 1.82. The Kier molecular flexibility index (Phi) is 5.20. The van der Waals surface area contributed by atoms with Crippen LogP contribution >= 0.6 is 11.3 Å². The van der Waals surface area contributed by atoms with Crippen molar-refractivity contribution in [3.05, 3.63) is 68.1 Å². The zero-order chi connectivity index (χ0) is 18.8. The summed E-state index contributed by atoms with van der Waals surface area (Å²) in [5.41, 5.74) is 2.69. The van der Waals surface area contributed by atoms with Gasteiger partial charge in [-0.15, -0.1) is 11.3 Å². The first-order chi connectivity index (χ1) is 12.4. The van der Waals surface area contributed by atoms with Gasteiger partial charge in [0.1, 0.15) is 5.82 Å². The number of carbonyl (C=O) groups is 1. The number of rotatable bonds is 5. The first-order valence-electron chi connectivity index (χ1n) is 8.13. The number of hydrogen-bond donors (Lipinski definition) is 2. The van der Waals surface area contributed by atoms with Crippen molar-refractivity contribution < 1.29 is 14.3 Å². The van der Waals surface area contributed by atoms with E-state index in [4.69, 9.17) is 0 Å². The van der Waals surface area contributed by atoms with Crippen molar-refractivity contribution in [2.24, 2.45) is 7.05 Å². The fourth-order valence-corrected chi connectivity index (χ4v) is 4.13. The summed E-state index contributed by atoms with van der Waals surface area (Å²) in [6.07, 6.45) is 1.64. The first kappa shape index (κ1) is 18.3. The van der Waals surface area contributed by atoms with Crippen LogP contribution in [0, 0.1) is 12.7 Å². The topological polar surface area (TPSA) is 71.3 Å². The summed E-state index contributed by atoms with van der Waals surface area (Å²) in [5, 5.41) is 12.2. The van der Waals surface area contributed by atoms with Gasteiger partial charge in [0.05, 0.1) is 23.2 Å². The molecule has 1 aromatic carbocycles. The lowest BCUT2D eigenvalue weighted by atomic mass is 10.1. The molecular weight excluding hydrogens is 355 g/mol. The molecule has 5 nitrogen and oxygen atoms in total. The van der Waals surface area contributed by atoms with Crippen LogP contribution in [-0.2, 0) is 31.4 Å². The number of benzene rings is 1. The normalized spacial score (nSPS) is 11.1. The number of thiophene rings is 1. The fraction of sp³-hybridized carbons (Fsp3) is 0.263. The molecule has 0 aliphatic rings. The van der Waals surface area contributed by atoms with Crippen LogP contribution in [0.2, 0.25) is 0 Å². The highest BCUT2D eigenvalue weighted by Gasteiger charge is 2.17. The number of pyridine rings is 1. The van der Waals surface area contributed by atoms with E-state index in [1.54, 1.807) is 18.3 Å². The number of aryl methyl sites for hydroxylation is 2. The molecule has 0 aliphatic heterocycles. The average molecular weight is 374 g/mol. The van der Waals surface area contributed by atoms with Gasteiger partial charge in [0, 0.05) is 30.2 Å². The van der Waals surface area contributed by atoms with Crippen LogP contribution in [0.1, 0.15) is 21.6 Å². The van der Waals surface area contributed by atoms with E-state index in [9.17, 15) is 19.1 Å². The Morgan fingerprint density at radius 1 is 1.31 bits per heavy atom. The number of carbonyl (C=O) groups excluding carboxylic acids is 1. The standard InChI is InChI=1S/C19H19FN2O3S/c1-11-15(10-23)26-19-17(11)22(2)9-13(18(19)25)7-16(24)21-8-12-3-5-14(20)6-4-12/h3-6,9,23H,7-8,10H2,1-2H3,(H,21,24). The minimum atomic E-state index is -0.328. The second-order valence-corrected chi connectivity index (χ2v) is 7.27. The number of amides is 1. The summed E-state index contributed by atoms with van der Waals surface area (Å²) in [4.78, 5) is 25.7. The molecule has 136 valence electrons. The highest BCUT2D eigenvalue weighted by Crippen LogP contribution is 2.28. The van der Waals surface area contributed by atoms with E-state index < -0.39 is 0 Å². The molecular formula is C19H19FN2O3S. The van der Waals surface area contributed by atoms with E-state index in [1.165, 1.54) is 23.5 Å². The quantitative estimate of drug-likeness (QED) is 0.720. The molecule has 0 atom stereocenters. The molecule has 0 saturated heterocycles. The Morgan fingerprint density at radius 2 is 2.00 bits per heavy atom. The van der Waals surface area contributed by atoms with Gasteiger partial charge in [-0.25, -0.2) is 4.39 Å². The third-order valence-corrected chi connectivity index (χ3v) is 5.58. The maximum Gasteiger partial charge on any atom is 0.224 e. The van der Waals surface area contributed by atoms with Gasteiger partial charge >= 0.3 is 0 Å². The Hall–Kier alpha value is -2.51. The van der Waals surface area contributed by atoms with Gasteiger partial charge in [-0.1, -0.05) is 12.1 Å². The van der Waals surface area contributed by atoms with Gasteiger partial charge in [0.15, 0.2) is 0 Å². The molecule has 2 N–H and O–H groups in total. The molecule has 1 amide bonds. The maximum absolute atomic E-state index is 12.9. The van der Waals surface area contributed by atoms with E-state index in [0.29, 0.717) is 10.3 Å². The van der Waals surface area contributed by atoms with Gasteiger partial charge in [-0.05, 0) is 30.2 Å².